The summed E-state index contributed by atoms with van der Waals surface area (Å²) in [6, 6.07) is 10.4. The lowest BCUT2D eigenvalue weighted by Gasteiger charge is -2.35. The van der Waals surface area contributed by atoms with Crippen LogP contribution in [0, 0.1) is 0 Å². The number of hydrogen-bond acceptors (Lipinski definition) is 4. The third kappa shape index (κ3) is 4.84. The van der Waals surface area contributed by atoms with E-state index < -0.39 is 8.07 Å². The van der Waals surface area contributed by atoms with Crippen LogP contribution in [0.25, 0.3) is 0 Å². The third-order valence-corrected chi connectivity index (χ3v) is 7.94. The van der Waals surface area contributed by atoms with Crippen LogP contribution in [0.1, 0.15) is 13.3 Å². The van der Waals surface area contributed by atoms with E-state index in [1.54, 1.807) is 6.21 Å². The Balaban J connectivity index is 3.08. The largest absolute Gasteiger partial charge is 0.462 e. The maximum absolute atomic E-state index is 11.5. The Labute approximate surface area is 133 Å². The maximum atomic E-state index is 11.5. The highest BCUT2D eigenvalue weighted by Gasteiger charge is 2.38. The summed E-state index contributed by atoms with van der Waals surface area (Å²) in [5.74, 6) is -0.291. The molecule has 0 radical (unpaired) electrons. The van der Waals surface area contributed by atoms with Crippen molar-refractivity contribution in [1.29, 1.82) is 0 Å². The zero-order valence-electron chi connectivity index (χ0n) is 13.8. The van der Waals surface area contributed by atoms with Gasteiger partial charge in [-0.3, -0.25) is 4.79 Å². The van der Waals surface area contributed by atoms with Crippen LogP contribution in [0.4, 0.5) is 0 Å². The Bertz CT molecular complexity index is 514. The number of carbonyl (C=O) groups is 1. The summed E-state index contributed by atoms with van der Waals surface area (Å²) < 4.78 is 5.54. The van der Waals surface area contributed by atoms with E-state index in [1.165, 1.54) is 19.2 Å². The summed E-state index contributed by atoms with van der Waals surface area (Å²) in [7, 11) is -0.406. The van der Waals surface area contributed by atoms with Crippen LogP contribution in [0.15, 0.2) is 48.1 Å². The predicted molar refractivity (Wildman–Crippen MR) is 93.2 cm³/mol. The fraction of sp³-hybridized carbons (Fsp3) is 0.412. The minimum Gasteiger partial charge on any atom is -0.462 e. The van der Waals surface area contributed by atoms with Gasteiger partial charge in [-0.1, -0.05) is 59.8 Å². The topological polar surface area (TPSA) is 47.9 Å². The second-order valence-corrected chi connectivity index (χ2v) is 10.4. The van der Waals surface area contributed by atoms with Gasteiger partial charge in [-0.25, -0.2) is 0 Å². The van der Waals surface area contributed by atoms with Gasteiger partial charge in [-0.2, -0.15) is 0 Å². The Morgan fingerprint density at radius 3 is 2.50 bits per heavy atom. The quantitative estimate of drug-likeness (QED) is 0.243. The molecule has 5 heteroatoms. The maximum Gasteiger partial charge on any atom is 0.302 e. The van der Waals surface area contributed by atoms with Crippen LogP contribution in [0.2, 0.25) is 18.6 Å². The van der Waals surface area contributed by atoms with Gasteiger partial charge in [-0.15, -0.1) is 6.58 Å². The molecule has 0 aromatic heterocycles. The minimum absolute atomic E-state index is 0.0853. The van der Waals surface area contributed by atoms with Gasteiger partial charge in [0.2, 0.25) is 0 Å². The minimum atomic E-state index is -1.90. The first-order valence-corrected chi connectivity index (χ1v) is 10.4. The highest BCUT2D eigenvalue weighted by atomic mass is 28.3. The van der Waals surface area contributed by atoms with Gasteiger partial charge < -0.3 is 9.57 Å². The molecule has 0 saturated heterocycles. The van der Waals surface area contributed by atoms with Gasteiger partial charge in [0.15, 0.2) is 0 Å². The smallest absolute Gasteiger partial charge is 0.302 e. The molecule has 0 fully saturated rings. The molecule has 0 saturated carbocycles. The molecule has 120 valence electrons. The number of esters is 1. The molecule has 1 aromatic carbocycles. The number of carbonyl (C=O) groups excluding carboxylic acids is 1. The molecule has 22 heavy (non-hydrogen) atoms. The Morgan fingerprint density at radius 2 is 2.00 bits per heavy atom. The van der Waals surface area contributed by atoms with Gasteiger partial charge in [0.1, 0.15) is 13.2 Å². The summed E-state index contributed by atoms with van der Waals surface area (Å²) >= 11 is 0. The summed E-state index contributed by atoms with van der Waals surface area (Å²) in [4.78, 5) is 16.1. The lowest BCUT2D eigenvalue weighted by Crippen LogP contribution is -2.50. The zero-order chi connectivity index (χ0) is 16.6. The van der Waals surface area contributed by atoms with Crippen molar-refractivity contribution in [2.24, 2.45) is 5.16 Å². The van der Waals surface area contributed by atoms with E-state index in [9.17, 15) is 4.79 Å². The van der Waals surface area contributed by atoms with E-state index in [2.05, 4.69) is 37.0 Å². The average Bonchev–Trinajstić information content (AvgIpc) is 2.48. The monoisotopic (exact) mass is 319 g/mol. The Kier molecular flexibility index (Phi) is 7.05. The number of oxime groups is 1. The molecule has 4 nitrogen and oxygen atoms in total. The van der Waals surface area contributed by atoms with Crippen LogP contribution in [0.5, 0.6) is 0 Å². The molecule has 0 unspecified atom stereocenters. The molecule has 0 N–H and O–H groups in total. The molecule has 0 aliphatic rings. The van der Waals surface area contributed by atoms with Crippen molar-refractivity contribution >= 4 is 25.4 Å². The van der Waals surface area contributed by atoms with Crippen LogP contribution in [-0.2, 0) is 14.4 Å². The predicted octanol–water partition coefficient (Wildman–Crippen LogP) is 3.11. The van der Waals surface area contributed by atoms with Crippen molar-refractivity contribution in [1.82, 2.24) is 0 Å². The molecule has 1 rings (SSSR count). The second kappa shape index (κ2) is 8.53. The van der Waals surface area contributed by atoms with Gasteiger partial charge in [0.05, 0.1) is 8.07 Å². The molecule has 2 atom stereocenters. The van der Waals surface area contributed by atoms with Gasteiger partial charge in [-0.05, 0) is 0 Å². The third-order valence-electron chi connectivity index (χ3n) is 3.84. The molecule has 0 heterocycles. The molecule has 0 amide bonds. The summed E-state index contributed by atoms with van der Waals surface area (Å²) in [5.41, 5.74) is 0.0853. The zero-order valence-corrected chi connectivity index (χ0v) is 14.8. The fourth-order valence-corrected chi connectivity index (χ4v) is 5.83. The van der Waals surface area contributed by atoms with E-state index in [-0.39, 0.29) is 17.6 Å². The highest BCUT2D eigenvalue weighted by molar-refractivity contribution is 6.91. The van der Waals surface area contributed by atoms with E-state index in [0.717, 1.165) is 0 Å². The van der Waals surface area contributed by atoms with E-state index in [1.807, 2.05) is 24.3 Å². The molecule has 1 aromatic rings. The molecule has 0 aliphatic heterocycles. The molecule has 0 aliphatic carbocycles. The number of hydrogen-bond donors (Lipinski definition) is 0. The van der Waals surface area contributed by atoms with Crippen molar-refractivity contribution < 1.29 is 14.4 Å². The first-order chi connectivity index (χ1) is 10.4. The normalized spacial score (nSPS) is 14.4. The van der Waals surface area contributed by atoms with Crippen LogP contribution < -0.4 is 5.19 Å². The van der Waals surface area contributed by atoms with Crippen molar-refractivity contribution in [3.8, 4) is 0 Å². The van der Waals surface area contributed by atoms with Crippen molar-refractivity contribution in [2.75, 3.05) is 7.11 Å². The van der Waals surface area contributed by atoms with Gasteiger partial charge >= 0.3 is 5.97 Å². The van der Waals surface area contributed by atoms with E-state index in [4.69, 9.17) is 9.57 Å². The van der Waals surface area contributed by atoms with Gasteiger partial charge in [0.25, 0.3) is 0 Å². The molecular weight excluding hydrogens is 294 g/mol. The Morgan fingerprint density at radius 1 is 1.36 bits per heavy atom. The van der Waals surface area contributed by atoms with Crippen molar-refractivity contribution in [3.63, 3.8) is 0 Å². The average molecular weight is 319 g/mol. The molecule has 0 spiro atoms. The first-order valence-electron chi connectivity index (χ1n) is 7.33. The van der Waals surface area contributed by atoms with E-state index in [0.29, 0.717) is 6.42 Å². The summed E-state index contributed by atoms with van der Waals surface area (Å²) in [5, 5.41) is 5.06. The number of benzene rings is 1. The van der Waals surface area contributed by atoms with Crippen LogP contribution in [0.3, 0.4) is 0 Å². The standard InChI is InChI=1S/C17H25NO3Si/c1-6-17(16(21-14(2)19)12-13-18-20-3)22(4,5)15-10-8-7-9-11-15/h6-11,13,16-17H,1,12H2,2-5H3/b18-13+/t16-,17+/m0/s1. The number of nitrogens with zero attached hydrogens (tertiary/aromatic N) is 1. The van der Waals surface area contributed by atoms with Crippen LogP contribution in [-0.4, -0.2) is 33.5 Å². The summed E-state index contributed by atoms with van der Waals surface area (Å²) in [6.45, 7) is 9.93. The van der Waals surface area contributed by atoms with Crippen molar-refractivity contribution in [2.45, 2.75) is 38.1 Å². The number of rotatable bonds is 8. The summed E-state index contributed by atoms with van der Waals surface area (Å²) in [6.07, 6.45) is 3.77. The van der Waals surface area contributed by atoms with Gasteiger partial charge in [0, 0.05) is 25.1 Å². The van der Waals surface area contributed by atoms with E-state index >= 15 is 0 Å². The first kappa shape index (κ1) is 18.2. The fourth-order valence-electron chi connectivity index (χ4n) is 2.67. The molecular formula is C17H25NO3Si. The number of ether oxygens (including phenoxy) is 1. The highest BCUT2D eigenvalue weighted by Crippen LogP contribution is 2.30. The second-order valence-electron chi connectivity index (χ2n) is 5.70. The SMILES string of the molecule is C=C[C@H]([C@H](C/C=N/OC)OC(C)=O)[Si](C)(C)c1ccccc1. The molecule has 0 bridgehead atoms. The van der Waals surface area contributed by atoms with Crippen LogP contribution >= 0.6 is 0 Å². The Hall–Kier alpha value is -1.88. The lowest BCUT2D eigenvalue weighted by molar-refractivity contribution is -0.145. The lowest BCUT2D eigenvalue weighted by atomic mass is 10.2. The van der Waals surface area contributed by atoms with Crippen molar-refractivity contribution in [3.05, 3.63) is 43.0 Å².